The fraction of sp³-hybridized carbons (Fsp3) is 0. The smallest absolute Gasteiger partial charge is 0.252 e. The molecule has 0 atom stereocenters. The Labute approximate surface area is 263 Å². The summed E-state index contributed by atoms with van der Waals surface area (Å²) in [4.78, 5) is 13.7. The van der Waals surface area contributed by atoms with Gasteiger partial charge in [0.05, 0.1) is 0 Å². The van der Waals surface area contributed by atoms with Gasteiger partial charge in [0.2, 0.25) is 0 Å². The molecule has 6 aromatic carbocycles. The van der Waals surface area contributed by atoms with Crippen LogP contribution in [-0.4, -0.2) is 16.7 Å². The summed E-state index contributed by atoms with van der Waals surface area (Å²) in [6.45, 7) is 0.106. The maximum Gasteiger partial charge on any atom is 0.252 e. The third-order valence-corrected chi connectivity index (χ3v) is 8.97. The number of hydrogen-bond donors (Lipinski definition) is 0. The second kappa shape index (κ2) is 10.4. The minimum absolute atomic E-state index is 0.106. The van der Waals surface area contributed by atoms with E-state index in [1.54, 1.807) is 12.4 Å². The third-order valence-electron chi connectivity index (χ3n) is 8.97. The van der Waals surface area contributed by atoms with Gasteiger partial charge in [-0.15, -0.1) is 0 Å². The van der Waals surface area contributed by atoms with E-state index in [0.29, 0.717) is 0 Å². The summed E-state index contributed by atoms with van der Waals surface area (Å²) in [6, 6.07) is 54.4. The monoisotopic (exact) mass is 574 g/mol. The molecule has 0 aliphatic carbocycles. The van der Waals surface area contributed by atoms with Crippen LogP contribution in [0.3, 0.4) is 0 Å². The fourth-order valence-electron chi connectivity index (χ4n) is 7.03. The Morgan fingerprint density at radius 2 is 0.933 bits per heavy atom. The first-order chi connectivity index (χ1) is 22.3. The predicted molar refractivity (Wildman–Crippen MR) is 187 cm³/mol. The molecule has 4 nitrogen and oxygen atoms in total. The summed E-state index contributed by atoms with van der Waals surface area (Å²) < 4.78 is 0. The molecule has 5 heteroatoms. The van der Waals surface area contributed by atoms with E-state index in [1.165, 1.54) is 44.7 Å². The van der Waals surface area contributed by atoms with Gasteiger partial charge in [0, 0.05) is 52.1 Å². The molecule has 0 spiro atoms. The Morgan fingerprint density at radius 1 is 0.400 bits per heavy atom. The van der Waals surface area contributed by atoms with Gasteiger partial charge in [-0.25, -0.2) is 9.97 Å². The molecule has 0 radical (unpaired) electrons. The van der Waals surface area contributed by atoms with Crippen molar-refractivity contribution in [2.45, 2.75) is 0 Å². The molecule has 0 unspecified atom stereocenters. The van der Waals surface area contributed by atoms with E-state index < -0.39 is 0 Å². The Bertz CT molecular complexity index is 2170. The van der Waals surface area contributed by atoms with Crippen molar-refractivity contribution in [2.24, 2.45) is 0 Å². The van der Waals surface area contributed by atoms with Crippen LogP contribution in [0.25, 0.3) is 22.5 Å². The average Bonchev–Trinajstić information content (AvgIpc) is 3.12. The predicted octanol–water partition coefficient (Wildman–Crippen LogP) is 7.89. The van der Waals surface area contributed by atoms with E-state index in [4.69, 9.17) is 0 Å². The van der Waals surface area contributed by atoms with Crippen molar-refractivity contribution in [2.75, 3.05) is 9.80 Å². The standard InChI is InChI=1S/C40H27BN4/c1-3-11-31(12-4-1)44-35-16-8-7-15-33(35)41-34-24-23-30(28-19-21-29(22-20-28)40-42-25-10-26-43-40)27-38(34)45(32-13-5-2-6-14-32)37-18-9-17-36(44)39(37)41/h1-27H. The van der Waals surface area contributed by atoms with Crippen molar-refractivity contribution < 1.29 is 0 Å². The highest BCUT2D eigenvalue weighted by molar-refractivity contribution is 7.00. The Hall–Kier alpha value is -5.94. The number of para-hydroxylation sites is 3. The Kier molecular flexibility index (Phi) is 5.88. The molecule has 0 N–H and O–H groups in total. The molecule has 2 aliphatic heterocycles. The SMILES string of the molecule is c1ccc(N2c3ccccc3B3c4ccc(-c5ccc(-c6ncccn6)cc5)cc4N(c4ccccc4)c4cccc2c43)cc1. The van der Waals surface area contributed by atoms with Gasteiger partial charge in [0.25, 0.3) is 6.71 Å². The van der Waals surface area contributed by atoms with Crippen molar-refractivity contribution >= 4 is 57.2 Å². The van der Waals surface area contributed by atoms with Crippen LogP contribution in [0.2, 0.25) is 0 Å². The van der Waals surface area contributed by atoms with Crippen LogP contribution >= 0.6 is 0 Å². The number of nitrogens with zero attached hydrogens (tertiary/aromatic N) is 4. The minimum atomic E-state index is 0.106. The van der Waals surface area contributed by atoms with Gasteiger partial charge < -0.3 is 9.80 Å². The topological polar surface area (TPSA) is 32.3 Å². The van der Waals surface area contributed by atoms with Crippen molar-refractivity contribution in [3.63, 3.8) is 0 Å². The van der Waals surface area contributed by atoms with Crippen LogP contribution in [0.5, 0.6) is 0 Å². The zero-order valence-corrected chi connectivity index (χ0v) is 24.5. The summed E-state index contributed by atoms with van der Waals surface area (Å²) in [5.74, 6) is 0.734. The van der Waals surface area contributed by atoms with Gasteiger partial charge in [-0.1, -0.05) is 97.1 Å². The van der Waals surface area contributed by atoms with Crippen LogP contribution in [0.4, 0.5) is 34.1 Å². The molecule has 0 saturated heterocycles. The number of fused-ring (bicyclic) bond motifs is 4. The van der Waals surface area contributed by atoms with Crippen LogP contribution < -0.4 is 26.2 Å². The van der Waals surface area contributed by atoms with Gasteiger partial charge in [0.15, 0.2) is 5.82 Å². The molecule has 9 rings (SSSR count). The van der Waals surface area contributed by atoms with Crippen LogP contribution in [0.15, 0.2) is 164 Å². The molecule has 0 fully saturated rings. The molecular weight excluding hydrogens is 547 g/mol. The summed E-state index contributed by atoms with van der Waals surface area (Å²) in [5, 5.41) is 0. The van der Waals surface area contributed by atoms with Crippen molar-refractivity contribution in [1.82, 2.24) is 9.97 Å². The zero-order valence-electron chi connectivity index (χ0n) is 24.5. The van der Waals surface area contributed by atoms with Gasteiger partial charge in [-0.2, -0.15) is 0 Å². The maximum atomic E-state index is 4.43. The van der Waals surface area contributed by atoms with Crippen LogP contribution in [0, 0.1) is 0 Å². The average molecular weight is 574 g/mol. The fourth-order valence-corrected chi connectivity index (χ4v) is 7.03. The van der Waals surface area contributed by atoms with Crippen molar-refractivity contribution in [3.05, 3.63) is 164 Å². The highest BCUT2D eigenvalue weighted by Crippen LogP contribution is 2.44. The minimum Gasteiger partial charge on any atom is -0.311 e. The van der Waals surface area contributed by atoms with Gasteiger partial charge >= 0.3 is 0 Å². The van der Waals surface area contributed by atoms with E-state index in [1.807, 2.05) is 6.07 Å². The number of benzene rings is 6. The van der Waals surface area contributed by atoms with Gasteiger partial charge in [0.1, 0.15) is 0 Å². The molecule has 0 bridgehead atoms. The first-order valence-electron chi connectivity index (χ1n) is 15.3. The molecule has 1 aromatic heterocycles. The lowest BCUT2D eigenvalue weighted by atomic mass is 9.33. The first kappa shape index (κ1) is 25.6. The zero-order chi connectivity index (χ0) is 29.7. The highest BCUT2D eigenvalue weighted by Gasteiger charge is 2.42. The summed E-state index contributed by atoms with van der Waals surface area (Å²) in [7, 11) is 0. The molecule has 2 aliphatic rings. The number of aromatic nitrogens is 2. The molecule has 0 saturated carbocycles. The van der Waals surface area contributed by atoms with Gasteiger partial charge in [-0.05, 0) is 82.1 Å². The Balaban J connectivity index is 1.26. The van der Waals surface area contributed by atoms with E-state index in [0.717, 1.165) is 28.3 Å². The molecule has 210 valence electrons. The van der Waals surface area contributed by atoms with E-state index in [2.05, 4.69) is 165 Å². The third kappa shape index (κ3) is 4.09. The molecular formula is C40H27BN4. The second-order valence-electron chi connectivity index (χ2n) is 11.5. The van der Waals surface area contributed by atoms with Crippen molar-refractivity contribution in [3.8, 4) is 22.5 Å². The number of rotatable bonds is 4. The number of anilines is 6. The summed E-state index contributed by atoms with van der Waals surface area (Å²) >= 11 is 0. The summed E-state index contributed by atoms with van der Waals surface area (Å²) in [5.41, 5.74) is 14.4. The van der Waals surface area contributed by atoms with Crippen LogP contribution in [-0.2, 0) is 0 Å². The lowest BCUT2D eigenvalue weighted by Gasteiger charge is -2.44. The second-order valence-corrected chi connectivity index (χ2v) is 11.5. The van der Waals surface area contributed by atoms with E-state index in [-0.39, 0.29) is 6.71 Å². The molecule has 0 amide bonds. The van der Waals surface area contributed by atoms with E-state index in [9.17, 15) is 0 Å². The summed E-state index contributed by atoms with van der Waals surface area (Å²) in [6.07, 6.45) is 3.56. The quantitative estimate of drug-likeness (QED) is 0.200. The highest BCUT2D eigenvalue weighted by atomic mass is 15.2. The molecule has 7 aromatic rings. The molecule has 3 heterocycles. The normalized spacial score (nSPS) is 12.8. The van der Waals surface area contributed by atoms with Gasteiger partial charge in [-0.3, -0.25) is 0 Å². The maximum absolute atomic E-state index is 4.43. The van der Waals surface area contributed by atoms with Crippen LogP contribution in [0.1, 0.15) is 0 Å². The lowest BCUT2D eigenvalue weighted by Crippen LogP contribution is -2.61. The van der Waals surface area contributed by atoms with Crippen molar-refractivity contribution in [1.29, 1.82) is 0 Å². The van der Waals surface area contributed by atoms with E-state index >= 15 is 0 Å². The number of hydrogen-bond acceptors (Lipinski definition) is 4. The molecule has 45 heavy (non-hydrogen) atoms. The largest absolute Gasteiger partial charge is 0.311 e. The Morgan fingerprint density at radius 3 is 1.62 bits per heavy atom. The first-order valence-corrected chi connectivity index (χ1v) is 15.3. The lowest BCUT2D eigenvalue weighted by molar-refractivity contribution is 1.18.